The fraction of sp³-hybridized carbons (Fsp3) is 0.429. The van der Waals surface area contributed by atoms with Gasteiger partial charge in [-0.2, -0.15) is 0 Å². The summed E-state index contributed by atoms with van der Waals surface area (Å²) in [5.41, 5.74) is 3.37. The zero-order valence-electron chi connectivity index (χ0n) is 15.3. The summed E-state index contributed by atoms with van der Waals surface area (Å²) in [5.74, 6) is 0.928. The average molecular weight is 367 g/mol. The molecule has 27 heavy (non-hydrogen) atoms. The molecule has 0 saturated carbocycles. The highest BCUT2D eigenvalue weighted by Crippen LogP contribution is 2.37. The zero-order chi connectivity index (χ0) is 18.6. The van der Waals surface area contributed by atoms with Gasteiger partial charge < -0.3 is 20.5 Å². The Morgan fingerprint density at radius 2 is 2.11 bits per heavy atom. The van der Waals surface area contributed by atoms with Gasteiger partial charge in [0.05, 0.1) is 24.1 Å². The number of aromatic nitrogens is 1. The SMILES string of the molecule is O=C(O)c1ccncc1NCC1CCOc2cc(C3CCNCC3)ccc21. The van der Waals surface area contributed by atoms with Crippen molar-refractivity contribution < 1.29 is 14.6 Å². The van der Waals surface area contributed by atoms with Crippen molar-refractivity contribution in [1.29, 1.82) is 0 Å². The molecule has 2 aromatic rings. The molecular formula is C21H25N3O3. The van der Waals surface area contributed by atoms with Gasteiger partial charge in [0.25, 0.3) is 0 Å². The maximum Gasteiger partial charge on any atom is 0.337 e. The van der Waals surface area contributed by atoms with Crippen LogP contribution in [-0.4, -0.2) is 42.3 Å². The molecule has 3 N–H and O–H groups in total. The highest BCUT2D eigenvalue weighted by molar-refractivity contribution is 5.93. The van der Waals surface area contributed by atoms with Crippen molar-refractivity contribution in [3.05, 3.63) is 53.3 Å². The van der Waals surface area contributed by atoms with Gasteiger partial charge in [-0.15, -0.1) is 0 Å². The Hall–Kier alpha value is -2.60. The zero-order valence-corrected chi connectivity index (χ0v) is 15.3. The molecule has 4 rings (SSSR count). The van der Waals surface area contributed by atoms with Crippen LogP contribution in [0, 0.1) is 0 Å². The van der Waals surface area contributed by atoms with Crippen LogP contribution in [-0.2, 0) is 0 Å². The van der Waals surface area contributed by atoms with Crippen LogP contribution in [0.2, 0.25) is 0 Å². The fourth-order valence-electron chi connectivity index (χ4n) is 4.06. The van der Waals surface area contributed by atoms with Crippen LogP contribution >= 0.6 is 0 Å². The normalized spacial score (nSPS) is 19.8. The molecular weight excluding hydrogens is 342 g/mol. The number of carbonyl (C=O) groups is 1. The van der Waals surface area contributed by atoms with Crippen LogP contribution in [0.15, 0.2) is 36.7 Å². The van der Waals surface area contributed by atoms with Gasteiger partial charge in [-0.3, -0.25) is 4.98 Å². The predicted octanol–water partition coefficient (Wildman–Crippen LogP) is 3.23. The van der Waals surface area contributed by atoms with Crippen molar-refractivity contribution in [2.75, 3.05) is 31.6 Å². The number of nitrogens with zero attached hydrogens (tertiary/aromatic N) is 1. The Bertz CT molecular complexity index is 818. The predicted molar refractivity (Wildman–Crippen MR) is 104 cm³/mol. The van der Waals surface area contributed by atoms with Gasteiger partial charge in [0.1, 0.15) is 5.75 Å². The number of carboxylic acids is 1. The first-order valence-corrected chi connectivity index (χ1v) is 9.61. The number of benzene rings is 1. The minimum atomic E-state index is -0.945. The molecule has 1 atom stereocenters. The van der Waals surface area contributed by atoms with Gasteiger partial charge in [0.15, 0.2) is 0 Å². The van der Waals surface area contributed by atoms with Gasteiger partial charge in [0, 0.05) is 18.7 Å². The first-order chi connectivity index (χ1) is 13.2. The third-order valence-corrected chi connectivity index (χ3v) is 5.60. The lowest BCUT2D eigenvalue weighted by molar-refractivity contribution is 0.0697. The van der Waals surface area contributed by atoms with Crippen molar-refractivity contribution in [2.24, 2.45) is 0 Å². The Morgan fingerprint density at radius 1 is 1.26 bits per heavy atom. The van der Waals surface area contributed by atoms with E-state index in [0.717, 1.165) is 25.3 Å². The number of carboxylic acid groups (broad SMARTS) is 1. The molecule has 1 fully saturated rings. The maximum atomic E-state index is 11.4. The molecule has 0 amide bonds. The van der Waals surface area contributed by atoms with Crippen molar-refractivity contribution >= 4 is 11.7 Å². The van der Waals surface area contributed by atoms with Crippen LogP contribution in [0.3, 0.4) is 0 Å². The molecule has 142 valence electrons. The van der Waals surface area contributed by atoms with E-state index in [4.69, 9.17) is 4.74 Å². The minimum absolute atomic E-state index is 0.249. The third-order valence-electron chi connectivity index (χ3n) is 5.60. The summed E-state index contributed by atoms with van der Waals surface area (Å²) in [6.45, 7) is 3.50. The molecule has 1 aromatic carbocycles. The number of rotatable bonds is 5. The van der Waals surface area contributed by atoms with E-state index in [0.29, 0.717) is 24.8 Å². The molecule has 0 spiro atoms. The molecule has 3 heterocycles. The van der Waals surface area contributed by atoms with Crippen molar-refractivity contribution in [2.45, 2.75) is 31.1 Å². The topological polar surface area (TPSA) is 83.5 Å². The lowest BCUT2D eigenvalue weighted by Crippen LogP contribution is -2.27. The highest BCUT2D eigenvalue weighted by Gasteiger charge is 2.24. The highest BCUT2D eigenvalue weighted by atomic mass is 16.5. The van der Waals surface area contributed by atoms with Crippen LogP contribution in [0.1, 0.15) is 52.6 Å². The summed E-state index contributed by atoms with van der Waals surface area (Å²) in [4.78, 5) is 15.4. The van der Waals surface area contributed by atoms with E-state index in [9.17, 15) is 9.90 Å². The van der Waals surface area contributed by atoms with Crippen molar-refractivity contribution in [1.82, 2.24) is 10.3 Å². The third kappa shape index (κ3) is 3.90. The molecule has 0 radical (unpaired) electrons. The number of pyridine rings is 1. The van der Waals surface area contributed by atoms with E-state index in [-0.39, 0.29) is 11.5 Å². The monoisotopic (exact) mass is 367 g/mol. The van der Waals surface area contributed by atoms with E-state index in [2.05, 4.69) is 33.8 Å². The molecule has 2 aliphatic rings. The van der Waals surface area contributed by atoms with Gasteiger partial charge >= 0.3 is 5.97 Å². The van der Waals surface area contributed by atoms with Crippen molar-refractivity contribution in [3.63, 3.8) is 0 Å². The Labute approximate surface area is 159 Å². The second-order valence-corrected chi connectivity index (χ2v) is 7.26. The molecule has 1 unspecified atom stereocenters. The van der Waals surface area contributed by atoms with Crippen LogP contribution in [0.4, 0.5) is 5.69 Å². The fourth-order valence-corrected chi connectivity index (χ4v) is 4.06. The molecule has 1 saturated heterocycles. The minimum Gasteiger partial charge on any atom is -0.493 e. The largest absolute Gasteiger partial charge is 0.493 e. The molecule has 2 aliphatic heterocycles. The lowest BCUT2D eigenvalue weighted by Gasteiger charge is -2.29. The van der Waals surface area contributed by atoms with Gasteiger partial charge in [0.2, 0.25) is 0 Å². The smallest absolute Gasteiger partial charge is 0.337 e. The summed E-state index contributed by atoms with van der Waals surface area (Å²) in [6.07, 6.45) is 6.32. The van der Waals surface area contributed by atoms with E-state index < -0.39 is 5.97 Å². The molecule has 6 heteroatoms. The second-order valence-electron chi connectivity index (χ2n) is 7.26. The molecule has 6 nitrogen and oxygen atoms in total. The number of aromatic carboxylic acids is 1. The summed E-state index contributed by atoms with van der Waals surface area (Å²) < 4.78 is 5.95. The van der Waals surface area contributed by atoms with Crippen molar-refractivity contribution in [3.8, 4) is 5.75 Å². The molecule has 1 aromatic heterocycles. The van der Waals surface area contributed by atoms with Gasteiger partial charge in [-0.25, -0.2) is 4.79 Å². The summed E-state index contributed by atoms with van der Waals surface area (Å²) in [6, 6.07) is 8.17. The number of hydrogen-bond donors (Lipinski definition) is 3. The maximum absolute atomic E-state index is 11.4. The Kier molecular flexibility index (Phi) is 5.25. The number of hydrogen-bond acceptors (Lipinski definition) is 5. The standard InChI is InChI=1S/C21H25N3O3/c25-21(26)18-5-9-23-13-19(18)24-12-16-6-10-27-20-11-15(1-2-17(16)20)14-3-7-22-8-4-14/h1-2,5,9,11,13-14,16,22,24H,3-4,6-8,10,12H2,(H,25,26). The lowest BCUT2D eigenvalue weighted by atomic mass is 9.86. The second kappa shape index (κ2) is 7.96. The summed E-state index contributed by atoms with van der Waals surface area (Å²) >= 11 is 0. The molecule has 0 bridgehead atoms. The average Bonchev–Trinajstić information content (AvgIpc) is 2.72. The molecule has 0 aliphatic carbocycles. The first-order valence-electron chi connectivity index (χ1n) is 9.61. The van der Waals surface area contributed by atoms with Gasteiger partial charge in [-0.05, 0) is 61.5 Å². The number of nitrogens with one attached hydrogen (secondary N) is 2. The van der Waals surface area contributed by atoms with E-state index >= 15 is 0 Å². The van der Waals surface area contributed by atoms with Crippen LogP contribution < -0.4 is 15.4 Å². The number of fused-ring (bicyclic) bond motifs is 1. The Balaban J connectivity index is 1.49. The van der Waals surface area contributed by atoms with Crippen LogP contribution in [0.5, 0.6) is 5.75 Å². The summed E-state index contributed by atoms with van der Waals surface area (Å²) in [5, 5.41) is 16.0. The number of anilines is 1. The Morgan fingerprint density at radius 3 is 2.93 bits per heavy atom. The van der Waals surface area contributed by atoms with Crippen LogP contribution in [0.25, 0.3) is 0 Å². The quantitative estimate of drug-likeness (QED) is 0.753. The van der Waals surface area contributed by atoms with E-state index in [1.165, 1.54) is 36.2 Å². The number of ether oxygens (including phenoxy) is 1. The van der Waals surface area contributed by atoms with E-state index in [1.54, 1.807) is 6.20 Å². The summed E-state index contributed by atoms with van der Waals surface area (Å²) in [7, 11) is 0. The van der Waals surface area contributed by atoms with Gasteiger partial charge in [-0.1, -0.05) is 12.1 Å². The number of piperidine rings is 1. The van der Waals surface area contributed by atoms with E-state index in [1.807, 2.05) is 0 Å². The first kappa shape index (κ1) is 17.8.